The summed E-state index contributed by atoms with van der Waals surface area (Å²) in [5.74, 6) is 0.644. The van der Waals surface area contributed by atoms with Gasteiger partial charge in [-0.3, -0.25) is 0 Å². The van der Waals surface area contributed by atoms with Crippen LogP contribution in [0.25, 0.3) is 0 Å². The molecule has 1 aliphatic carbocycles. The zero-order chi connectivity index (χ0) is 15.5. The Balaban J connectivity index is 2.18. The predicted octanol–water partition coefficient (Wildman–Crippen LogP) is 1.72. The SMILES string of the molecule is CCN(C1(CN)CCCC(C)C1)S(=O)(=O)CC1CCCO1. The summed E-state index contributed by atoms with van der Waals surface area (Å²) < 4.78 is 33.0. The average Bonchev–Trinajstić information content (AvgIpc) is 2.91. The summed E-state index contributed by atoms with van der Waals surface area (Å²) in [5.41, 5.74) is 5.66. The molecule has 1 saturated carbocycles. The van der Waals surface area contributed by atoms with E-state index in [0.717, 1.165) is 32.1 Å². The summed E-state index contributed by atoms with van der Waals surface area (Å²) in [5, 5.41) is 0. The third-order valence-electron chi connectivity index (χ3n) is 5.02. The fourth-order valence-corrected chi connectivity index (χ4v) is 6.21. The molecule has 0 aromatic carbocycles. The van der Waals surface area contributed by atoms with Gasteiger partial charge in [-0.1, -0.05) is 26.7 Å². The van der Waals surface area contributed by atoms with Crippen molar-refractivity contribution in [2.75, 3.05) is 25.4 Å². The number of sulfonamides is 1. The minimum Gasteiger partial charge on any atom is -0.377 e. The van der Waals surface area contributed by atoms with Crippen LogP contribution in [0, 0.1) is 5.92 Å². The quantitative estimate of drug-likeness (QED) is 0.809. The standard InChI is InChI=1S/C15H30N2O3S/c1-3-17(15(12-16)8-4-6-13(2)10-15)21(18,19)11-14-7-5-9-20-14/h13-14H,3-12,16H2,1-2H3. The molecule has 2 N–H and O–H groups in total. The molecular formula is C15H30N2O3S. The normalized spacial score (nSPS) is 34.5. The van der Waals surface area contributed by atoms with E-state index >= 15 is 0 Å². The molecule has 124 valence electrons. The molecule has 2 rings (SSSR count). The van der Waals surface area contributed by atoms with Crippen LogP contribution < -0.4 is 5.73 Å². The van der Waals surface area contributed by atoms with Gasteiger partial charge in [0.25, 0.3) is 0 Å². The summed E-state index contributed by atoms with van der Waals surface area (Å²) in [7, 11) is -3.32. The fraction of sp³-hybridized carbons (Fsp3) is 1.00. The van der Waals surface area contributed by atoms with Crippen LogP contribution in [0.15, 0.2) is 0 Å². The Morgan fingerprint density at radius 3 is 2.62 bits per heavy atom. The molecule has 0 bridgehead atoms. The largest absolute Gasteiger partial charge is 0.377 e. The lowest BCUT2D eigenvalue weighted by Gasteiger charge is -2.46. The van der Waals surface area contributed by atoms with Crippen molar-refractivity contribution >= 4 is 10.0 Å². The van der Waals surface area contributed by atoms with Gasteiger partial charge in [0.05, 0.1) is 11.9 Å². The first-order chi connectivity index (χ1) is 9.93. The van der Waals surface area contributed by atoms with Gasteiger partial charge in [-0.05, 0) is 31.6 Å². The summed E-state index contributed by atoms with van der Waals surface area (Å²) >= 11 is 0. The topological polar surface area (TPSA) is 72.6 Å². The van der Waals surface area contributed by atoms with Gasteiger partial charge >= 0.3 is 0 Å². The third kappa shape index (κ3) is 3.78. The van der Waals surface area contributed by atoms with Crippen LogP contribution in [0.5, 0.6) is 0 Å². The maximum Gasteiger partial charge on any atom is 0.217 e. The zero-order valence-corrected chi connectivity index (χ0v) is 14.2. The van der Waals surface area contributed by atoms with Crippen molar-refractivity contribution in [1.29, 1.82) is 0 Å². The molecule has 5 nitrogen and oxygen atoms in total. The highest BCUT2D eigenvalue weighted by Crippen LogP contribution is 2.38. The van der Waals surface area contributed by atoms with E-state index in [-0.39, 0.29) is 17.4 Å². The van der Waals surface area contributed by atoms with Crippen LogP contribution in [-0.2, 0) is 14.8 Å². The predicted molar refractivity (Wildman–Crippen MR) is 84.6 cm³/mol. The van der Waals surface area contributed by atoms with Crippen molar-refractivity contribution in [3.63, 3.8) is 0 Å². The number of hydrogen-bond acceptors (Lipinski definition) is 4. The van der Waals surface area contributed by atoms with E-state index in [0.29, 0.717) is 25.6 Å². The van der Waals surface area contributed by atoms with Gasteiger partial charge in [0, 0.05) is 25.2 Å². The van der Waals surface area contributed by atoms with E-state index in [1.165, 1.54) is 6.42 Å². The molecule has 1 aliphatic heterocycles. The molecule has 0 radical (unpaired) electrons. The van der Waals surface area contributed by atoms with E-state index in [1.807, 2.05) is 6.92 Å². The zero-order valence-electron chi connectivity index (χ0n) is 13.4. The maximum atomic E-state index is 12.9. The smallest absolute Gasteiger partial charge is 0.217 e. The maximum absolute atomic E-state index is 12.9. The molecule has 0 amide bonds. The molecule has 1 heterocycles. The van der Waals surface area contributed by atoms with Crippen molar-refractivity contribution in [2.24, 2.45) is 11.7 Å². The van der Waals surface area contributed by atoms with Crippen molar-refractivity contribution < 1.29 is 13.2 Å². The van der Waals surface area contributed by atoms with Crippen LogP contribution in [0.4, 0.5) is 0 Å². The van der Waals surface area contributed by atoms with Crippen molar-refractivity contribution in [1.82, 2.24) is 4.31 Å². The Morgan fingerprint density at radius 2 is 2.10 bits per heavy atom. The van der Waals surface area contributed by atoms with Crippen LogP contribution >= 0.6 is 0 Å². The van der Waals surface area contributed by atoms with Crippen molar-refractivity contribution in [3.05, 3.63) is 0 Å². The highest BCUT2D eigenvalue weighted by atomic mass is 32.2. The molecule has 2 fully saturated rings. The average molecular weight is 318 g/mol. The number of nitrogens with zero attached hydrogens (tertiary/aromatic N) is 1. The van der Waals surface area contributed by atoms with Gasteiger partial charge in [-0.2, -0.15) is 4.31 Å². The Labute approximate surface area is 129 Å². The highest BCUT2D eigenvalue weighted by Gasteiger charge is 2.44. The summed E-state index contributed by atoms with van der Waals surface area (Å²) in [6.07, 6.45) is 5.66. The molecule has 21 heavy (non-hydrogen) atoms. The first-order valence-corrected chi connectivity index (χ1v) is 9.86. The van der Waals surface area contributed by atoms with Crippen LogP contribution in [-0.4, -0.2) is 49.8 Å². The van der Waals surface area contributed by atoms with Crippen molar-refractivity contribution in [2.45, 2.75) is 64.0 Å². The molecule has 0 spiro atoms. The Hall–Kier alpha value is -0.170. The molecule has 2 aliphatic rings. The lowest BCUT2D eigenvalue weighted by atomic mass is 9.76. The lowest BCUT2D eigenvalue weighted by molar-refractivity contribution is 0.104. The van der Waals surface area contributed by atoms with Crippen molar-refractivity contribution in [3.8, 4) is 0 Å². The van der Waals surface area contributed by atoms with Gasteiger partial charge in [-0.15, -0.1) is 0 Å². The third-order valence-corrected chi connectivity index (χ3v) is 7.13. The second kappa shape index (κ2) is 6.94. The molecular weight excluding hydrogens is 288 g/mol. The first-order valence-electron chi connectivity index (χ1n) is 8.26. The second-order valence-corrected chi connectivity index (χ2v) is 8.65. The van der Waals surface area contributed by atoms with E-state index in [4.69, 9.17) is 10.5 Å². The first kappa shape index (κ1) is 17.2. The number of hydrogen-bond donors (Lipinski definition) is 1. The Kier molecular flexibility index (Phi) is 5.68. The summed E-state index contributed by atoms with van der Waals surface area (Å²) in [6, 6.07) is 0. The van der Waals surface area contributed by atoms with Gasteiger partial charge in [0.1, 0.15) is 0 Å². The molecule has 3 atom stereocenters. The molecule has 6 heteroatoms. The highest BCUT2D eigenvalue weighted by molar-refractivity contribution is 7.89. The van der Waals surface area contributed by atoms with Gasteiger partial charge < -0.3 is 10.5 Å². The Morgan fingerprint density at radius 1 is 1.33 bits per heavy atom. The van der Waals surface area contributed by atoms with Gasteiger partial charge in [0.2, 0.25) is 10.0 Å². The van der Waals surface area contributed by atoms with E-state index in [2.05, 4.69) is 6.92 Å². The summed E-state index contributed by atoms with van der Waals surface area (Å²) in [6.45, 7) is 5.72. The number of rotatable bonds is 6. The minimum absolute atomic E-state index is 0.108. The van der Waals surface area contributed by atoms with Gasteiger partial charge in [0.15, 0.2) is 0 Å². The molecule has 0 aromatic rings. The molecule has 0 aromatic heterocycles. The van der Waals surface area contributed by atoms with E-state index < -0.39 is 10.0 Å². The molecule has 1 saturated heterocycles. The van der Waals surface area contributed by atoms with Crippen LogP contribution in [0.3, 0.4) is 0 Å². The molecule has 3 unspecified atom stereocenters. The van der Waals surface area contributed by atoms with E-state index in [9.17, 15) is 8.42 Å². The number of nitrogens with two attached hydrogens (primary N) is 1. The monoisotopic (exact) mass is 318 g/mol. The number of ether oxygens (including phenoxy) is 1. The van der Waals surface area contributed by atoms with Crippen LogP contribution in [0.2, 0.25) is 0 Å². The number of likely N-dealkylation sites (N-methyl/N-ethyl adjacent to an activating group) is 1. The van der Waals surface area contributed by atoms with E-state index in [1.54, 1.807) is 4.31 Å². The Bertz CT molecular complexity index is 434. The lowest BCUT2D eigenvalue weighted by Crippen LogP contribution is -2.59. The fourth-order valence-electron chi connectivity index (χ4n) is 4.07. The summed E-state index contributed by atoms with van der Waals surface area (Å²) in [4.78, 5) is 0. The minimum atomic E-state index is -3.32. The second-order valence-electron chi connectivity index (χ2n) is 6.71. The van der Waals surface area contributed by atoms with Crippen LogP contribution in [0.1, 0.15) is 52.4 Å². The van der Waals surface area contributed by atoms with Gasteiger partial charge in [-0.25, -0.2) is 8.42 Å².